The highest BCUT2D eigenvalue weighted by molar-refractivity contribution is 6.32. The second-order valence-corrected chi connectivity index (χ2v) is 6.12. The summed E-state index contributed by atoms with van der Waals surface area (Å²) in [6.45, 7) is 0.690. The Morgan fingerprint density at radius 2 is 1.91 bits per heavy atom. The molecule has 108 valence electrons. The molecule has 1 spiro atoms. The van der Waals surface area contributed by atoms with Crippen LogP contribution in [0, 0.1) is 0 Å². The maximum Gasteiger partial charge on any atom is 0.265 e. The monoisotopic (exact) mass is 290 g/mol. The van der Waals surface area contributed by atoms with Crippen LogP contribution >= 0.6 is 0 Å². The van der Waals surface area contributed by atoms with Gasteiger partial charge in [-0.05, 0) is 30.5 Å². The Hall–Kier alpha value is -2.62. The highest BCUT2D eigenvalue weighted by Gasteiger charge is 2.60. The maximum atomic E-state index is 13.1. The number of amides is 1. The minimum absolute atomic E-state index is 0.129. The van der Waals surface area contributed by atoms with Crippen LogP contribution in [0.15, 0.2) is 42.5 Å². The van der Waals surface area contributed by atoms with Crippen molar-refractivity contribution in [3.8, 4) is 0 Å². The summed E-state index contributed by atoms with van der Waals surface area (Å²) >= 11 is 0. The van der Waals surface area contributed by atoms with Crippen LogP contribution in [0.25, 0.3) is 0 Å². The third-order valence-corrected chi connectivity index (χ3v) is 5.02. The van der Waals surface area contributed by atoms with Crippen molar-refractivity contribution in [3.63, 3.8) is 0 Å². The smallest absolute Gasteiger partial charge is 0.265 e. The number of nitrogens with zero attached hydrogens (tertiary/aromatic N) is 1. The minimum atomic E-state index is -1.25. The topological polar surface area (TPSA) is 49.4 Å². The van der Waals surface area contributed by atoms with Gasteiger partial charge in [-0.1, -0.05) is 30.3 Å². The molecule has 0 aromatic heterocycles. The Kier molecular flexibility index (Phi) is 2.05. The predicted molar refractivity (Wildman–Crippen MR) is 83.2 cm³/mol. The van der Waals surface area contributed by atoms with Gasteiger partial charge in [-0.2, -0.15) is 0 Å². The molecule has 3 heterocycles. The number of Topliss-reactive ketones (excluding diaryl/α,β-unsaturated/α-hetero) is 1. The lowest BCUT2D eigenvalue weighted by atomic mass is 9.86. The van der Waals surface area contributed by atoms with E-state index < -0.39 is 5.54 Å². The van der Waals surface area contributed by atoms with Gasteiger partial charge in [-0.3, -0.25) is 9.59 Å². The first-order valence-corrected chi connectivity index (χ1v) is 7.60. The second-order valence-electron chi connectivity index (χ2n) is 6.12. The number of nitrogens with one attached hydrogen (secondary N) is 1. The maximum absolute atomic E-state index is 13.1. The van der Waals surface area contributed by atoms with E-state index in [1.54, 1.807) is 11.0 Å². The fourth-order valence-electron chi connectivity index (χ4n) is 4.07. The largest absolute Gasteiger partial charge is 0.361 e. The van der Waals surface area contributed by atoms with Gasteiger partial charge in [0.05, 0.1) is 5.69 Å². The molecule has 3 aliphatic heterocycles. The summed E-state index contributed by atoms with van der Waals surface area (Å²) < 4.78 is 0. The van der Waals surface area contributed by atoms with Gasteiger partial charge < -0.3 is 10.2 Å². The SMILES string of the molecule is O=C1c2ccccc2N[C@@]12C(=O)N1CCCc3cccc2c31. The van der Waals surface area contributed by atoms with Crippen LogP contribution < -0.4 is 10.2 Å². The van der Waals surface area contributed by atoms with Gasteiger partial charge in [0.25, 0.3) is 5.91 Å². The van der Waals surface area contributed by atoms with E-state index in [0.717, 1.165) is 29.8 Å². The van der Waals surface area contributed by atoms with Gasteiger partial charge in [0.15, 0.2) is 0 Å². The minimum Gasteiger partial charge on any atom is -0.361 e. The number of carbonyl (C=O) groups excluding carboxylic acids is 2. The number of rotatable bonds is 0. The van der Waals surface area contributed by atoms with Crippen molar-refractivity contribution in [1.29, 1.82) is 0 Å². The van der Waals surface area contributed by atoms with E-state index >= 15 is 0 Å². The van der Waals surface area contributed by atoms with E-state index in [2.05, 4.69) is 11.4 Å². The number of aryl methyl sites for hydroxylation is 1. The average Bonchev–Trinajstić information content (AvgIpc) is 2.99. The van der Waals surface area contributed by atoms with Gasteiger partial charge in [0.2, 0.25) is 11.3 Å². The van der Waals surface area contributed by atoms with Crippen LogP contribution in [0.3, 0.4) is 0 Å². The van der Waals surface area contributed by atoms with E-state index in [-0.39, 0.29) is 11.7 Å². The lowest BCUT2D eigenvalue weighted by molar-refractivity contribution is -0.120. The van der Waals surface area contributed by atoms with Crippen LogP contribution in [0.5, 0.6) is 0 Å². The molecule has 1 amide bonds. The summed E-state index contributed by atoms with van der Waals surface area (Å²) in [6, 6.07) is 13.3. The van der Waals surface area contributed by atoms with Crippen molar-refractivity contribution < 1.29 is 9.59 Å². The summed E-state index contributed by atoms with van der Waals surface area (Å²) in [5, 5.41) is 3.24. The van der Waals surface area contributed by atoms with Gasteiger partial charge in [-0.15, -0.1) is 0 Å². The molecule has 2 aromatic carbocycles. The Morgan fingerprint density at radius 3 is 2.77 bits per heavy atom. The van der Waals surface area contributed by atoms with Crippen LogP contribution in [0.2, 0.25) is 0 Å². The molecule has 0 fully saturated rings. The Balaban J connectivity index is 1.81. The molecular weight excluding hydrogens is 276 g/mol. The number of hydrogen-bond donors (Lipinski definition) is 1. The highest BCUT2D eigenvalue weighted by atomic mass is 16.2. The van der Waals surface area contributed by atoms with Crippen LogP contribution in [-0.4, -0.2) is 18.2 Å². The summed E-state index contributed by atoms with van der Waals surface area (Å²) in [7, 11) is 0. The van der Waals surface area contributed by atoms with Gasteiger partial charge in [-0.25, -0.2) is 0 Å². The number of carbonyl (C=O) groups is 2. The second kappa shape index (κ2) is 3.77. The van der Waals surface area contributed by atoms with E-state index in [1.165, 1.54) is 5.56 Å². The molecule has 1 atom stereocenters. The van der Waals surface area contributed by atoms with Crippen LogP contribution in [0.1, 0.15) is 27.9 Å². The number of fused-ring (bicyclic) bond motifs is 2. The summed E-state index contributed by atoms with van der Waals surface area (Å²) in [5.41, 5.74) is 3.04. The standard InChI is InChI=1S/C18H14N2O2/c21-16-12-7-1-2-9-14(12)19-18(16)13-8-3-5-11-6-4-10-20(15(11)13)17(18)22/h1-3,5,7-9,19H,4,6,10H2/t18-/m1/s1. The average molecular weight is 290 g/mol. The zero-order valence-electron chi connectivity index (χ0n) is 11.9. The number of ketones is 1. The fourth-order valence-corrected chi connectivity index (χ4v) is 4.07. The number of hydrogen-bond acceptors (Lipinski definition) is 3. The molecule has 4 nitrogen and oxygen atoms in total. The molecule has 0 aliphatic carbocycles. The van der Waals surface area contributed by atoms with Crippen LogP contribution in [-0.2, 0) is 16.8 Å². The fraction of sp³-hybridized carbons (Fsp3) is 0.222. The molecule has 1 N–H and O–H groups in total. The molecule has 0 saturated heterocycles. The molecule has 3 aliphatic rings. The van der Waals surface area contributed by atoms with Crippen molar-refractivity contribution in [1.82, 2.24) is 0 Å². The molecule has 0 radical (unpaired) electrons. The van der Waals surface area contributed by atoms with E-state index in [1.807, 2.05) is 30.3 Å². The first-order chi connectivity index (χ1) is 10.7. The van der Waals surface area contributed by atoms with Crippen LogP contribution in [0.4, 0.5) is 11.4 Å². The zero-order valence-corrected chi connectivity index (χ0v) is 11.9. The molecule has 0 unspecified atom stereocenters. The Morgan fingerprint density at radius 1 is 1.05 bits per heavy atom. The zero-order chi connectivity index (χ0) is 14.9. The van der Waals surface area contributed by atoms with E-state index in [0.29, 0.717) is 12.1 Å². The van der Waals surface area contributed by atoms with Gasteiger partial charge in [0.1, 0.15) is 0 Å². The molecule has 5 rings (SSSR count). The molecule has 2 aromatic rings. The molecule has 22 heavy (non-hydrogen) atoms. The molecular formula is C18H14N2O2. The third-order valence-electron chi connectivity index (χ3n) is 5.02. The van der Waals surface area contributed by atoms with Gasteiger partial charge in [0, 0.05) is 23.4 Å². The molecule has 4 heteroatoms. The predicted octanol–water partition coefficient (Wildman–Crippen LogP) is 2.48. The lowest BCUT2D eigenvalue weighted by Crippen LogP contribution is -2.49. The first kappa shape index (κ1) is 12.0. The summed E-state index contributed by atoms with van der Waals surface area (Å²) in [5.74, 6) is -0.258. The number of benzene rings is 2. The van der Waals surface area contributed by atoms with Crippen molar-refractivity contribution >= 4 is 23.1 Å². The number of anilines is 2. The molecule has 0 bridgehead atoms. The quantitative estimate of drug-likeness (QED) is 0.758. The summed E-state index contributed by atoms with van der Waals surface area (Å²) in [4.78, 5) is 28.0. The lowest BCUT2D eigenvalue weighted by Gasteiger charge is -2.25. The van der Waals surface area contributed by atoms with Crippen molar-refractivity contribution in [2.24, 2.45) is 0 Å². The van der Waals surface area contributed by atoms with Gasteiger partial charge >= 0.3 is 0 Å². The third kappa shape index (κ3) is 1.16. The van der Waals surface area contributed by atoms with E-state index in [4.69, 9.17) is 0 Å². The highest BCUT2D eigenvalue weighted by Crippen LogP contribution is 2.51. The molecule has 0 saturated carbocycles. The van der Waals surface area contributed by atoms with Crippen molar-refractivity contribution in [3.05, 3.63) is 59.2 Å². The van der Waals surface area contributed by atoms with E-state index in [9.17, 15) is 9.59 Å². The van der Waals surface area contributed by atoms with Crippen molar-refractivity contribution in [2.45, 2.75) is 18.4 Å². The number of para-hydroxylation sites is 2. The normalized spacial score (nSPS) is 24.5. The Labute approximate surface area is 127 Å². The Bertz CT molecular complexity index is 858. The first-order valence-electron chi connectivity index (χ1n) is 7.60. The van der Waals surface area contributed by atoms with Crippen molar-refractivity contribution in [2.75, 3.05) is 16.8 Å². The summed E-state index contributed by atoms with van der Waals surface area (Å²) in [6.07, 6.45) is 1.91.